The lowest BCUT2D eigenvalue weighted by atomic mass is 9.95. The molecule has 4 rings (SSSR count). The number of aromatic nitrogens is 3. The number of aromatic amines is 1. The van der Waals surface area contributed by atoms with Gasteiger partial charge in [-0.25, -0.2) is 4.79 Å². The van der Waals surface area contributed by atoms with Crippen LogP contribution < -0.4 is 10.1 Å². The summed E-state index contributed by atoms with van der Waals surface area (Å²) in [7, 11) is 1.64. The number of rotatable bonds is 6. The number of methoxy groups -OCH3 is 1. The number of hydrogen-bond donors (Lipinski definition) is 2. The Morgan fingerprint density at radius 3 is 2.82 bits per heavy atom. The van der Waals surface area contributed by atoms with E-state index in [4.69, 9.17) is 4.74 Å². The Balaban J connectivity index is 1.34. The molecule has 0 spiro atoms. The van der Waals surface area contributed by atoms with Crippen molar-refractivity contribution < 1.29 is 9.53 Å². The maximum Gasteiger partial charge on any atom is 0.324 e. The van der Waals surface area contributed by atoms with E-state index in [1.807, 2.05) is 42.5 Å². The third-order valence-corrected chi connectivity index (χ3v) is 5.00. The van der Waals surface area contributed by atoms with Crippen LogP contribution in [0.5, 0.6) is 5.75 Å². The van der Waals surface area contributed by atoms with Crippen molar-refractivity contribution in [3.63, 3.8) is 0 Å². The zero-order valence-electron chi connectivity index (χ0n) is 15.8. The van der Waals surface area contributed by atoms with Crippen molar-refractivity contribution in [3.05, 3.63) is 71.5 Å². The molecule has 0 unspecified atom stereocenters. The van der Waals surface area contributed by atoms with E-state index >= 15 is 0 Å². The number of benzene rings is 2. The number of ether oxygens (including phenoxy) is 1. The average Bonchev–Trinajstić information content (AvgIpc) is 3.13. The van der Waals surface area contributed by atoms with Crippen LogP contribution in [0.15, 0.2) is 54.6 Å². The molecule has 1 saturated heterocycles. The quantitative estimate of drug-likeness (QED) is 0.688. The van der Waals surface area contributed by atoms with Gasteiger partial charge in [0, 0.05) is 13.0 Å². The van der Waals surface area contributed by atoms with Crippen LogP contribution >= 0.6 is 0 Å². The largest absolute Gasteiger partial charge is 0.497 e. The molecule has 1 aliphatic rings. The molecule has 1 aromatic heterocycles. The molecule has 1 aliphatic heterocycles. The minimum atomic E-state index is -0.187. The van der Waals surface area contributed by atoms with Gasteiger partial charge in [-0.2, -0.15) is 4.98 Å². The van der Waals surface area contributed by atoms with Crippen molar-refractivity contribution in [1.29, 1.82) is 0 Å². The molecule has 1 atom stereocenters. The highest BCUT2D eigenvalue weighted by Gasteiger charge is 2.34. The Morgan fingerprint density at radius 1 is 1.21 bits per heavy atom. The number of urea groups is 1. The van der Waals surface area contributed by atoms with Crippen molar-refractivity contribution >= 4 is 12.0 Å². The van der Waals surface area contributed by atoms with Crippen LogP contribution in [0.3, 0.4) is 0 Å². The molecule has 1 fully saturated rings. The second-order valence-corrected chi connectivity index (χ2v) is 6.80. The molecule has 2 amide bonds. The summed E-state index contributed by atoms with van der Waals surface area (Å²) in [6, 6.07) is 17.9. The fraction of sp³-hybridized carbons (Fsp3) is 0.286. The number of aryl methyl sites for hydroxylation is 2. The van der Waals surface area contributed by atoms with Crippen LogP contribution in [0.25, 0.3) is 0 Å². The van der Waals surface area contributed by atoms with Gasteiger partial charge in [0.05, 0.1) is 13.2 Å². The number of likely N-dealkylation sites (tertiary alicyclic amines) is 1. The lowest BCUT2D eigenvalue weighted by Gasteiger charge is -2.40. The molecule has 2 heterocycles. The molecule has 0 saturated carbocycles. The highest BCUT2D eigenvalue weighted by molar-refractivity contribution is 5.88. The fourth-order valence-corrected chi connectivity index (χ4v) is 3.36. The minimum absolute atomic E-state index is 0.0478. The lowest BCUT2D eigenvalue weighted by molar-refractivity contribution is 0.126. The first-order valence-electron chi connectivity index (χ1n) is 9.40. The maximum absolute atomic E-state index is 12.6. The van der Waals surface area contributed by atoms with Gasteiger partial charge in [0.15, 0.2) is 0 Å². The van der Waals surface area contributed by atoms with Gasteiger partial charge >= 0.3 is 6.03 Å². The summed E-state index contributed by atoms with van der Waals surface area (Å²) in [5, 5.41) is 9.82. The Hall–Kier alpha value is -3.35. The molecular weight excluding hydrogens is 354 g/mol. The predicted molar refractivity (Wildman–Crippen MR) is 106 cm³/mol. The molecule has 7 nitrogen and oxygen atoms in total. The Bertz CT molecular complexity index is 941. The predicted octanol–water partition coefficient (Wildman–Crippen LogP) is 3.58. The zero-order valence-corrected chi connectivity index (χ0v) is 15.8. The molecule has 2 N–H and O–H groups in total. The third-order valence-electron chi connectivity index (χ3n) is 5.00. The monoisotopic (exact) mass is 377 g/mol. The maximum atomic E-state index is 12.6. The van der Waals surface area contributed by atoms with E-state index in [1.54, 1.807) is 12.0 Å². The summed E-state index contributed by atoms with van der Waals surface area (Å²) in [5.74, 6) is 1.86. The minimum Gasteiger partial charge on any atom is -0.497 e. The van der Waals surface area contributed by atoms with Gasteiger partial charge in [0.25, 0.3) is 0 Å². The van der Waals surface area contributed by atoms with Crippen molar-refractivity contribution in [2.24, 2.45) is 0 Å². The first kappa shape index (κ1) is 18.0. The smallest absolute Gasteiger partial charge is 0.324 e. The number of carbonyl (C=O) groups excluding carboxylic acids is 1. The average molecular weight is 377 g/mol. The SMILES string of the molecule is COc1cccc([C@@H]2CCN2C(=O)Nc2n[nH]c(CCc3ccccc3)n2)c1. The molecule has 0 bridgehead atoms. The normalized spacial score (nSPS) is 15.8. The number of anilines is 1. The van der Waals surface area contributed by atoms with Gasteiger partial charge in [0.2, 0.25) is 5.95 Å². The van der Waals surface area contributed by atoms with E-state index in [-0.39, 0.29) is 12.1 Å². The molecule has 3 aromatic rings. The van der Waals surface area contributed by atoms with E-state index in [9.17, 15) is 4.79 Å². The van der Waals surface area contributed by atoms with E-state index < -0.39 is 0 Å². The summed E-state index contributed by atoms with van der Waals surface area (Å²) in [4.78, 5) is 18.8. The Kier molecular flexibility index (Phi) is 5.23. The Morgan fingerprint density at radius 2 is 2.07 bits per heavy atom. The number of amides is 2. The molecule has 28 heavy (non-hydrogen) atoms. The number of carbonyl (C=O) groups is 1. The first-order chi connectivity index (χ1) is 13.7. The van der Waals surface area contributed by atoms with Crippen molar-refractivity contribution in [1.82, 2.24) is 20.1 Å². The van der Waals surface area contributed by atoms with E-state index in [0.29, 0.717) is 12.5 Å². The molecular formula is C21H23N5O2. The van der Waals surface area contributed by atoms with Gasteiger partial charge in [-0.15, -0.1) is 5.10 Å². The summed E-state index contributed by atoms with van der Waals surface area (Å²) in [6.07, 6.45) is 2.54. The van der Waals surface area contributed by atoms with Crippen molar-refractivity contribution in [2.45, 2.75) is 25.3 Å². The molecule has 2 aromatic carbocycles. The van der Waals surface area contributed by atoms with Crippen LogP contribution in [0, 0.1) is 0 Å². The van der Waals surface area contributed by atoms with Gasteiger partial charge < -0.3 is 9.64 Å². The molecule has 144 valence electrons. The van der Waals surface area contributed by atoms with Gasteiger partial charge in [-0.1, -0.05) is 42.5 Å². The number of H-pyrrole nitrogens is 1. The van der Waals surface area contributed by atoms with E-state index in [1.165, 1.54) is 5.56 Å². The van der Waals surface area contributed by atoms with E-state index in [0.717, 1.165) is 36.4 Å². The highest BCUT2D eigenvalue weighted by atomic mass is 16.5. The summed E-state index contributed by atoms with van der Waals surface area (Å²) >= 11 is 0. The zero-order chi connectivity index (χ0) is 19.3. The lowest BCUT2D eigenvalue weighted by Crippen LogP contribution is -2.47. The van der Waals surface area contributed by atoms with Crippen molar-refractivity contribution in [2.75, 3.05) is 19.0 Å². The molecule has 7 heteroatoms. The fourth-order valence-electron chi connectivity index (χ4n) is 3.36. The molecule has 0 aliphatic carbocycles. The van der Waals surface area contributed by atoms with Crippen molar-refractivity contribution in [3.8, 4) is 5.75 Å². The highest BCUT2D eigenvalue weighted by Crippen LogP contribution is 2.34. The Labute approximate surface area is 163 Å². The first-order valence-corrected chi connectivity index (χ1v) is 9.40. The van der Waals surface area contributed by atoms with Crippen LogP contribution in [-0.2, 0) is 12.8 Å². The second kappa shape index (κ2) is 8.12. The van der Waals surface area contributed by atoms with E-state index in [2.05, 4.69) is 32.6 Å². The standard InChI is InChI=1S/C21H23N5O2/c1-28-17-9-5-8-16(14-17)18-12-13-26(18)21(27)23-20-22-19(24-25-20)11-10-15-6-3-2-4-7-15/h2-9,14,18H,10-13H2,1H3,(H2,22,23,24,25,27)/t18-/m0/s1. The number of nitrogens with one attached hydrogen (secondary N) is 2. The van der Waals surface area contributed by atoms with Gasteiger partial charge in [-0.3, -0.25) is 10.4 Å². The topological polar surface area (TPSA) is 83.1 Å². The number of hydrogen-bond acceptors (Lipinski definition) is 4. The number of nitrogens with zero attached hydrogens (tertiary/aromatic N) is 3. The van der Waals surface area contributed by atoms with Crippen LogP contribution in [0.4, 0.5) is 10.7 Å². The van der Waals surface area contributed by atoms with Crippen LogP contribution in [-0.4, -0.2) is 39.8 Å². The van der Waals surface area contributed by atoms with Crippen LogP contribution in [0.2, 0.25) is 0 Å². The third kappa shape index (κ3) is 3.98. The summed E-state index contributed by atoms with van der Waals surface area (Å²) in [6.45, 7) is 0.707. The summed E-state index contributed by atoms with van der Waals surface area (Å²) in [5.41, 5.74) is 2.31. The summed E-state index contributed by atoms with van der Waals surface area (Å²) < 4.78 is 5.28. The van der Waals surface area contributed by atoms with Gasteiger partial charge in [-0.05, 0) is 36.1 Å². The van der Waals surface area contributed by atoms with Crippen LogP contribution in [0.1, 0.15) is 29.4 Å². The van der Waals surface area contributed by atoms with Gasteiger partial charge in [0.1, 0.15) is 11.6 Å². The second-order valence-electron chi connectivity index (χ2n) is 6.80. The molecule has 0 radical (unpaired) electrons.